The number of allylic oxidation sites excluding steroid dienone is 4. The van der Waals surface area contributed by atoms with Crippen molar-refractivity contribution in [2.75, 3.05) is 7.11 Å². The minimum atomic E-state index is -1.61. The number of halogens is 1. The molecule has 1 aliphatic heterocycles. The highest BCUT2D eigenvalue weighted by molar-refractivity contribution is 6.31. The molecular formula is C36H28FNO7. The second-order valence-electron chi connectivity index (χ2n) is 11.9. The minimum absolute atomic E-state index is 0.0112. The molecular weight excluding hydrogens is 577 g/mol. The Balaban J connectivity index is 1.51. The molecule has 0 unspecified atom stereocenters. The fourth-order valence-corrected chi connectivity index (χ4v) is 8.25. The van der Waals surface area contributed by atoms with Gasteiger partial charge in [-0.15, -0.1) is 0 Å². The summed E-state index contributed by atoms with van der Waals surface area (Å²) in [7, 11) is 1.08. The number of nitrogens with zero attached hydrogens (tertiary/aromatic N) is 1. The molecule has 9 heteroatoms. The lowest BCUT2D eigenvalue weighted by Crippen LogP contribution is -2.58. The van der Waals surface area contributed by atoms with Gasteiger partial charge in [0.05, 0.1) is 24.4 Å². The lowest BCUT2D eigenvalue weighted by Gasteiger charge is -2.55. The van der Waals surface area contributed by atoms with Crippen LogP contribution in [0.5, 0.6) is 5.75 Å². The van der Waals surface area contributed by atoms with Crippen molar-refractivity contribution in [3.63, 3.8) is 0 Å². The van der Waals surface area contributed by atoms with Crippen molar-refractivity contribution in [3.8, 4) is 5.75 Å². The van der Waals surface area contributed by atoms with Crippen LogP contribution in [0.3, 0.4) is 0 Å². The molecule has 226 valence electrons. The van der Waals surface area contributed by atoms with Gasteiger partial charge in [0.2, 0.25) is 11.8 Å². The van der Waals surface area contributed by atoms with E-state index >= 15 is 4.39 Å². The van der Waals surface area contributed by atoms with E-state index in [0.29, 0.717) is 21.6 Å². The molecule has 3 aliphatic carbocycles. The number of hydrogen-bond donors (Lipinski definition) is 1. The molecule has 45 heavy (non-hydrogen) atoms. The van der Waals surface area contributed by atoms with E-state index in [9.17, 15) is 29.1 Å². The highest BCUT2D eigenvalue weighted by atomic mass is 19.1. The fourth-order valence-electron chi connectivity index (χ4n) is 8.25. The predicted molar refractivity (Wildman–Crippen MR) is 159 cm³/mol. The van der Waals surface area contributed by atoms with Gasteiger partial charge in [0.1, 0.15) is 0 Å². The molecule has 7 rings (SSSR count). The number of ether oxygens (including phenoxy) is 1. The van der Waals surface area contributed by atoms with E-state index in [1.807, 2.05) is 0 Å². The zero-order valence-electron chi connectivity index (χ0n) is 24.2. The Morgan fingerprint density at radius 1 is 0.911 bits per heavy atom. The molecule has 3 aromatic carbocycles. The normalized spacial score (nSPS) is 28.9. The van der Waals surface area contributed by atoms with Crippen molar-refractivity contribution in [1.82, 2.24) is 4.90 Å². The zero-order valence-corrected chi connectivity index (χ0v) is 24.2. The molecule has 1 N–H and O–H groups in total. The third kappa shape index (κ3) is 3.92. The molecule has 0 spiro atoms. The van der Waals surface area contributed by atoms with Gasteiger partial charge in [-0.05, 0) is 42.0 Å². The first-order chi connectivity index (χ1) is 21.7. The summed E-state index contributed by atoms with van der Waals surface area (Å²) in [4.78, 5) is 69.8. The van der Waals surface area contributed by atoms with Crippen LogP contribution in [0.1, 0.15) is 35.4 Å². The average molecular weight is 606 g/mol. The Morgan fingerprint density at radius 2 is 1.60 bits per heavy atom. The number of carbonyl (C=O) groups excluding carboxylic acids is 5. The average Bonchev–Trinajstić information content (AvgIpc) is 3.32. The van der Waals surface area contributed by atoms with Gasteiger partial charge in [0, 0.05) is 23.0 Å². The Hall–Kier alpha value is -5.18. The maximum absolute atomic E-state index is 15.1. The molecule has 0 radical (unpaired) electrons. The number of imide groups is 3. The summed E-state index contributed by atoms with van der Waals surface area (Å²) >= 11 is 0. The molecule has 0 bridgehead atoms. The summed E-state index contributed by atoms with van der Waals surface area (Å²) < 4.78 is 19.8. The molecule has 4 aliphatic rings. The van der Waals surface area contributed by atoms with Crippen LogP contribution < -0.4 is 0 Å². The number of phenols is 1. The molecule has 1 heterocycles. The van der Waals surface area contributed by atoms with Crippen LogP contribution >= 0.6 is 0 Å². The summed E-state index contributed by atoms with van der Waals surface area (Å²) in [6, 6.07) is 21.6. The van der Waals surface area contributed by atoms with Gasteiger partial charge < -0.3 is 9.84 Å². The van der Waals surface area contributed by atoms with Gasteiger partial charge in [-0.2, -0.15) is 4.90 Å². The number of ketones is 2. The van der Waals surface area contributed by atoms with Crippen LogP contribution in [0.2, 0.25) is 0 Å². The maximum Gasteiger partial charge on any atom is 0.423 e. The van der Waals surface area contributed by atoms with E-state index < -0.39 is 70.3 Å². The third-order valence-corrected chi connectivity index (χ3v) is 10.1. The lowest BCUT2D eigenvalue weighted by atomic mass is 9.44. The predicted octanol–water partition coefficient (Wildman–Crippen LogP) is 5.12. The molecule has 3 aromatic rings. The molecule has 2 fully saturated rings. The van der Waals surface area contributed by atoms with Crippen molar-refractivity contribution in [3.05, 3.63) is 119 Å². The molecule has 0 aromatic heterocycles. The van der Waals surface area contributed by atoms with Crippen LogP contribution in [0, 0.1) is 29.5 Å². The van der Waals surface area contributed by atoms with Gasteiger partial charge in [0.25, 0.3) is 0 Å². The van der Waals surface area contributed by atoms with Crippen molar-refractivity contribution in [2.24, 2.45) is 23.7 Å². The van der Waals surface area contributed by atoms with Crippen molar-refractivity contribution < 1.29 is 38.2 Å². The topological polar surface area (TPSA) is 118 Å². The van der Waals surface area contributed by atoms with Crippen molar-refractivity contribution in [1.29, 1.82) is 0 Å². The third-order valence-electron chi connectivity index (χ3n) is 10.1. The summed E-state index contributed by atoms with van der Waals surface area (Å²) in [6.45, 7) is 0. The lowest BCUT2D eigenvalue weighted by molar-refractivity contribution is -0.138. The summed E-state index contributed by atoms with van der Waals surface area (Å²) in [5.74, 6) is -8.51. The van der Waals surface area contributed by atoms with E-state index in [4.69, 9.17) is 4.74 Å². The standard InChI is InChI=1S/C36H28FNO7/c1-45-35(44)38-33(42)22-16-15-21-25(29(22)34(38)43)17-26-31(40)24(19-9-4-2-5-10-19)18-28(39)36(26,20-11-6-3-7-12-20)30(21)23-13-8-14-27(37)32(23)41/h2-15,18,22,25-26,29-30,41H,16-17H2,1H3/t22-,25+,26-,29-,30+,36-/m0/s1. The first-order valence-corrected chi connectivity index (χ1v) is 14.8. The Labute approximate surface area is 257 Å². The smallest absolute Gasteiger partial charge is 0.423 e. The number of fused-ring (bicyclic) bond motifs is 4. The summed E-state index contributed by atoms with van der Waals surface area (Å²) in [5, 5.41) is 11.2. The number of Topliss-reactive ketones (excluding diaryl/α,β-unsaturated/α-hetero) is 1. The van der Waals surface area contributed by atoms with Crippen LogP contribution in [-0.2, 0) is 29.3 Å². The minimum Gasteiger partial charge on any atom is -0.505 e. The maximum atomic E-state index is 15.1. The SMILES string of the molecule is COC(=O)N1C(=O)[C@H]2[C@H](CC=C3[C@H]2C[C@H]2C(=O)C(c4ccccc4)=CC(=O)[C@@]2(c2ccccc2)[C@H]3c2cccc(F)c2O)C1=O. The first-order valence-electron chi connectivity index (χ1n) is 14.8. The molecule has 8 nitrogen and oxygen atoms in total. The number of hydrogen-bond acceptors (Lipinski definition) is 7. The number of para-hydroxylation sites is 1. The molecule has 6 atom stereocenters. The van der Waals surface area contributed by atoms with Crippen LogP contribution in [-0.4, -0.2) is 46.6 Å². The number of rotatable bonds is 3. The fraction of sp³-hybridized carbons (Fsp3) is 0.250. The second-order valence-corrected chi connectivity index (χ2v) is 11.9. The number of likely N-dealkylation sites (tertiary alicyclic amines) is 1. The van der Waals surface area contributed by atoms with Gasteiger partial charge in [-0.1, -0.05) is 84.4 Å². The largest absolute Gasteiger partial charge is 0.505 e. The number of benzene rings is 3. The van der Waals surface area contributed by atoms with Gasteiger partial charge in [0.15, 0.2) is 23.1 Å². The van der Waals surface area contributed by atoms with E-state index in [0.717, 1.165) is 13.2 Å². The number of aromatic hydroxyl groups is 1. The molecule has 3 amide bonds. The second kappa shape index (κ2) is 10.5. The number of methoxy groups -OCH3 is 1. The van der Waals surface area contributed by atoms with E-state index in [1.165, 1.54) is 18.2 Å². The number of phenolic OH excluding ortho intramolecular Hbond substituents is 1. The zero-order chi connectivity index (χ0) is 31.6. The van der Waals surface area contributed by atoms with Gasteiger partial charge in [-0.25, -0.2) is 9.18 Å². The molecule has 1 saturated heterocycles. The van der Waals surface area contributed by atoms with Crippen molar-refractivity contribution >= 4 is 35.0 Å². The number of carbonyl (C=O) groups is 5. The summed E-state index contributed by atoms with van der Waals surface area (Å²) in [5.41, 5.74) is 0.307. The Bertz CT molecular complexity index is 1850. The highest BCUT2D eigenvalue weighted by Gasteiger charge is 2.66. The van der Waals surface area contributed by atoms with E-state index in [2.05, 4.69) is 0 Å². The van der Waals surface area contributed by atoms with Crippen LogP contribution in [0.25, 0.3) is 5.57 Å². The monoisotopic (exact) mass is 605 g/mol. The van der Waals surface area contributed by atoms with Gasteiger partial charge in [-0.3, -0.25) is 19.2 Å². The first kappa shape index (κ1) is 28.6. The van der Waals surface area contributed by atoms with Crippen molar-refractivity contribution in [2.45, 2.75) is 24.2 Å². The van der Waals surface area contributed by atoms with Crippen LogP contribution in [0.4, 0.5) is 9.18 Å². The Morgan fingerprint density at radius 3 is 2.29 bits per heavy atom. The Kier molecular flexibility index (Phi) is 6.65. The number of amides is 3. The van der Waals surface area contributed by atoms with Gasteiger partial charge >= 0.3 is 6.09 Å². The van der Waals surface area contributed by atoms with E-state index in [-0.39, 0.29) is 29.8 Å². The van der Waals surface area contributed by atoms with Crippen LogP contribution in [0.15, 0.2) is 96.6 Å². The molecule has 1 saturated carbocycles. The summed E-state index contributed by atoms with van der Waals surface area (Å²) in [6.07, 6.45) is 2.11. The van der Waals surface area contributed by atoms with E-state index in [1.54, 1.807) is 66.7 Å². The quantitative estimate of drug-likeness (QED) is 0.325. The highest BCUT2D eigenvalue weighted by Crippen LogP contribution is 2.64.